The monoisotopic (exact) mass is 398 g/mol. The number of benzene rings is 2. The van der Waals surface area contributed by atoms with E-state index < -0.39 is 29.5 Å². The molecule has 0 saturated heterocycles. The molecule has 1 atom stereocenters. The summed E-state index contributed by atoms with van der Waals surface area (Å²) in [7, 11) is 0. The van der Waals surface area contributed by atoms with Crippen LogP contribution in [0.25, 0.3) is 11.3 Å². The zero-order valence-corrected chi connectivity index (χ0v) is 15.7. The molecule has 1 unspecified atom stereocenters. The third-order valence-electron chi connectivity index (χ3n) is 4.59. The maximum absolute atomic E-state index is 14.4. The molecule has 0 radical (unpaired) electrons. The van der Waals surface area contributed by atoms with Gasteiger partial charge >= 0.3 is 0 Å². The van der Waals surface area contributed by atoms with E-state index in [9.17, 15) is 18.4 Å². The molecular weight excluding hydrogens is 378 g/mol. The number of primary amides is 1. The van der Waals surface area contributed by atoms with Crippen LogP contribution >= 0.6 is 0 Å². The van der Waals surface area contributed by atoms with E-state index in [1.54, 1.807) is 0 Å². The molecule has 1 aromatic heterocycles. The van der Waals surface area contributed by atoms with Crippen LogP contribution in [0.3, 0.4) is 0 Å². The molecule has 3 rings (SSSR count). The predicted molar refractivity (Wildman–Crippen MR) is 104 cm³/mol. The summed E-state index contributed by atoms with van der Waals surface area (Å²) in [6.07, 6.45) is 1.55. The minimum absolute atomic E-state index is 0.0418. The van der Waals surface area contributed by atoms with E-state index in [-0.39, 0.29) is 28.8 Å². The van der Waals surface area contributed by atoms with Crippen molar-refractivity contribution < 1.29 is 18.4 Å². The quantitative estimate of drug-likeness (QED) is 0.570. The van der Waals surface area contributed by atoms with Crippen molar-refractivity contribution >= 4 is 11.8 Å². The fraction of sp³-hybridized carbons (Fsp3) is 0.190. The Morgan fingerprint density at radius 2 is 1.83 bits per heavy atom. The molecule has 0 aliphatic carbocycles. The minimum Gasteiger partial charge on any atom is -0.370 e. The average molecular weight is 398 g/mol. The molecule has 0 spiro atoms. The van der Waals surface area contributed by atoms with Crippen LogP contribution in [0.4, 0.5) is 8.78 Å². The molecule has 6 nitrogen and oxygen atoms in total. The molecule has 0 aliphatic heterocycles. The number of nitrogens with two attached hydrogens (primary N) is 1. The number of halogens is 2. The van der Waals surface area contributed by atoms with Gasteiger partial charge in [-0.1, -0.05) is 30.3 Å². The first-order chi connectivity index (χ1) is 13.9. The van der Waals surface area contributed by atoms with Crippen molar-refractivity contribution in [2.24, 2.45) is 5.73 Å². The smallest absolute Gasteiger partial charge is 0.255 e. The Morgan fingerprint density at radius 3 is 2.52 bits per heavy atom. The van der Waals surface area contributed by atoms with Crippen LogP contribution in [-0.2, 0) is 11.2 Å². The highest BCUT2D eigenvalue weighted by molar-refractivity contribution is 6.00. The zero-order chi connectivity index (χ0) is 21.0. The maximum atomic E-state index is 14.4. The second-order valence-electron chi connectivity index (χ2n) is 6.72. The van der Waals surface area contributed by atoms with Crippen LogP contribution in [0.1, 0.15) is 27.9 Å². The molecule has 2 aromatic carbocycles. The Morgan fingerprint density at radius 1 is 1.14 bits per heavy atom. The average Bonchev–Trinajstić information content (AvgIpc) is 3.15. The van der Waals surface area contributed by atoms with Gasteiger partial charge in [-0.25, -0.2) is 8.78 Å². The van der Waals surface area contributed by atoms with E-state index in [1.807, 2.05) is 30.3 Å². The molecule has 4 N–H and O–H groups in total. The van der Waals surface area contributed by atoms with Gasteiger partial charge in [0.1, 0.15) is 11.6 Å². The summed E-state index contributed by atoms with van der Waals surface area (Å²) in [5.41, 5.74) is 6.33. The van der Waals surface area contributed by atoms with Crippen LogP contribution in [0, 0.1) is 18.6 Å². The Hall–Kier alpha value is -3.55. The number of hydrogen-bond acceptors (Lipinski definition) is 3. The first-order valence-electron chi connectivity index (χ1n) is 8.98. The number of nitrogens with zero attached hydrogens (tertiary/aromatic N) is 1. The second kappa shape index (κ2) is 8.64. The minimum atomic E-state index is -0.680. The fourth-order valence-electron chi connectivity index (χ4n) is 3.19. The molecule has 0 fully saturated rings. The van der Waals surface area contributed by atoms with Crippen molar-refractivity contribution in [2.45, 2.75) is 25.8 Å². The van der Waals surface area contributed by atoms with Gasteiger partial charge in [0.05, 0.1) is 17.5 Å². The third-order valence-corrected chi connectivity index (χ3v) is 4.59. The van der Waals surface area contributed by atoms with Gasteiger partial charge in [0, 0.05) is 18.0 Å². The molecule has 8 heteroatoms. The van der Waals surface area contributed by atoms with Gasteiger partial charge in [0.25, 0.3) is 5.91 Å². The fourth-order valence-corrected chi connectivity index (χ4v) is 3.19. The summed E-state index contributed by atoms with van der Waals surface area (Å²) < 4.78 is 28.3. The van der Waals surface area contributed by atoms with E-state index >= 15 is 0 Å². The van der Waals surface area contributed by atoms with Crippen molar-refractivity contribution in [3.05, 3.63) is 77.0 Å². The lowest BCUT2D eigenvalue weighted by Crippen LogP contribution is -2.39. The summed E-state index contributed by atoms with van der Waals surface area (Å²) in [5.74, 6) is -2.41. The number of rotatable bonds is 7. The van der Waals surface area contributed by atoms with Crippen molar-refractivity contribution in [1.29, 1.82) is 0 Å². The highest BCUT2D eigenvalue weighted by atomic mass is 19.1. The molecule has 0 saturated carbocycles. The summed E-state index contributed by atoms with van der Waals surface area (Å²) in [5, 5.41) is 9.13. The molecule has 2 amide bonds. The first kappa shape index (κ1) is 20.2. The van der Waals surface area contributed by atoms with E-state index in [2.05, 4.69) is 15.5 Å². The normalized spacial score (nSPS) is 11.8. The number of carbonyl (C=O) groups is 2. The van der Waals surface area contributed by atoms with Crippen LogP contribution in [0.5, 0.6) is 0 Å². The molecule has 0 aliphatic rings. The largest absolute Gasteiger partial charge is 0.370 e. The molecule has 1 heterocycles. The van der Waals surface area contributed by atoms with Crippen LogP contribution in [-0.4, -0.2) is 28.1 Å². The predicted octanol–water partition coefficient (Wildman–Crippen LogP) is 2.88. The molecule has 29 heavy (non-hydrogen) atoms. The lowest BCUT2D eigenvalue weighted by molar-refractivity contribution is -0.118. The number of aromatic amines is 1. The van der Waals surface area contributed by atoms with E-state index in [0.29, 0.717) is 6.42 Å². The SMILES string of the molecule is Cc1c(F)ccc(F)c1-c1[nH]ncc1C(=O)NC(CC(N)=O)Cc1ccccc1. The van der Waals surface area contributed by atoms with Crippen LogP contribution < -0.4 is 11.1 Å². The zero-order valence-electron chi connectivity index (χ0n) is 15.7. The Labute approximate surface area is 166 Å². The lowest BCUT2D eigenvalue weighted by Gasteiger charge is -2.18. The van der Waals surface area contributed by atoms with Crippen LogP contribution in [0.15, 0.2) is 48.7 Å². The van der Waals surface area contributed by atoms with Gasteiger partial charge in [0.2, 0.25) is 5.91 Å². The highest BCUT2D eigenvalue weighted by Crippen LogP contribution is 2.29. The number of carbonyl (C=O) groups excluding carboxylic acids is 2. The van der Waals surface area contributed by atoms with Gasteiger partial charge in [-0.2, -0.15) is 5.10 Å². The number of amides is 2. The van der Waals surface area contributed by atoms with E-state index in [4.69, 9.17) is 5.73 Å². The van der Waals surface area contributed by atoms with E-state index in [1.165, 1.54) is 13.1 Å². The topological polar surface area (TPSA) is 101 Å². The highest BCUT2D eigenvalue weighted by Gasteiger charge is 2.23. The van der Waals surface area contributed by atoms with Gasteiger partial charge in [0.15, 0.2) is 0 Å². The summed E-state index contributed by atoms with van der Waals surface area (Å²) in [4.78, 5) is 24.3. The van der Waals surface area contributed by atoms with Crippen LogP contribution in [0.2, 0.25) is 0 Å². The Bertz CT molecular complexity index is 1030. The van der Waals surface area contributed by atoms with Gasteiger partial charge in [-0.3, -0.25) is 14.7 Å². The molecule has 3 aromatic rings. The first-order valence-corrected chi connectivity index (χ1v) is 8.98. The summed E-state index contributed by atoms with van der Waals surface area (Å²) in [6.45, 7) is 1.42. The lowest BCUT2D eigenvalue weighted by atomic mass is 10.00. The summed E-state index contributed by atoms with van der Waals surface area (Å²) in [6, 6.07) is 10.7. The van der Waals surface area contributed by atoms with Gasteiger partial charge in [-0.15, -0.1) is 0 Å². The van der Waals surface area contributed by atoms with Gasteiger partial charge < -0.3 is 11.1 Å². The van der Waals surface area contributed by atoms with Crippen molar-refractivity contribution in [3.63, 3.8) is 0 Å². The van der Waals surface area contributed by atoms with Crippen molar-refractivity contribution in [3.8, 4) is 11.3 Å². The Balaban J connectivity index is 1.88. The standard InChI is InChI=1S/C21H20F2N4O2/c1-12-16(22)7-8-17(23)19(12)20-15(11-25-27-20)21(29)26-14(10-18(24)28)9-13-5-3-2-4-6-13/h2-8,11,14H,9-10H2,1H3,(H2,24,28)(H,25,27)(H,26,29). The van der Waals surface area contributed by atoms with Crippen molar-refractivity contribution in [2.75, 3.05) is 0 Å². The van der Waals surface area contributed by atoms with Gasteiger partial charge in [-0.05, 0) is 36.6 Å². The molecule has 0 bridgehead atoms. The number of nitrogens with one attached hydrogen (secondary N) is 2. The maximum Gasteiger partial charge on any atom is 0.255 e. The number of aromatic nitrogens is 2. The number of hydrogen-bond donors (Lipinski definition) is 3. The second-order valence-corrected chi connectivity index (χ2v) is 6.72. The van der Waals surface area contributed by atoms with E-state index in [0.717, 1.165) is 17.7 Å². The number of H-pyrrole nitrogens is 1. The molecule has 150 valence electrons. The molecular formula is C21H20F2N4O2. The Kier molecular flexibility index (Phi) is 6.01. The summed E-state index contributed by atoms with van der Waals surface area (Å²) >= 11 is 0. The van der Waals surface area contributed by atoms with Crippen molar-refractivity contribution in [1.82, 2.24) is 15.5 Å². The third kappa shape index (κ3) is 4.66.